The van der Waals surface area contributed by atoms with Gasteiger partial charge in [-0.05, 0) is 30.3 Å². The number of benzene rings is 2. The Morgan fingerprint density at radius 1 is 1.05 bits per heavy atom. The number of hydrogen-bond acceptors (Lipinski definition) is 6. The van der Waals surface area contributed by atoms with Gasteiger partial charge >= 0.3 is 0 Å². The van der Waals surface area contributed by atoms with E-state index in [2.05, 4.69) is 0 Å². The molecule has 0 fully saturated rings. The summed E-state index contributed by atoms with van der Waals surface area (Å²) in [6.07, 6.45) is 0. The number of fused-ring (bicyclic) bond motifs is 1. The van der Waals surface area contributed by atoms with Crippen LogP contribution in [0.1, 0.15) is 0 Å². The lowest BCUT2D eigenvalue weighted by atomic mass is 10.1. The van der Waals surface area contributed by atoms with Gasteiger partial charge in [0.1, 0.15) is 16.7 Å². The molecule has 1 heterocycles. The molecule has 0 saturated heterocycles. The Morgan fingerprint density at radius 2 is 1.82 bits per heavy atom. The molecule has 0 radical (unpaired) electrons. The van der Waals surface area contributed by atoms with Crippen LogP contribution in [0.15, 0.2) is 45.6 Å². The number of phenolic OH excluding ortho intramolecular Hbond substituents is 2. The molecule has 0 aliphatic carbocycles. The Labute approximate surface area is 124 Å². The van der Waals surface area contributed by atoms with Crippen molar-refractivity contribution in [3.63, 3.8) is 0 Å². The van der Waals surface area contributed by atoms with Crippen LogP contribution >= 0.6 is 0 Å². The van der Waals surface area contributed by atoms with Gasteiger partial charge in [0.25, 0.3) is 0 Å². The van der Waals surface area contributed by atoms with Crippen molar-refractivity contribution >= 4 is 11.0 Å². The maximum Gasteiger partial charge on any atom is 0.238 e. The first-order chi connectivity index (χ1) is 10.5. The third-order valence-corrected chi connectivity index (χ3v) is 3.31. The van der Waals surface area contributed by atoms with Crippen molar-refractivity contribution in [2.45, 2.75) is 0 Å². The van der Waals surface area contributed by atoms with E-state index in [9.17, 15) is 20.1 Å². The van der Waals surface area contributed by atoms with Gasteiger partial charge in [0, 0.05) is 5.56 Å². The second-order valence-corrected chi connectivity index (χ2v) is 4.65. The first kappa shape index (κ1) is 13.8. The van der Waals surface area contributed by atoms with E-state index in [0.717, 1.165) is 0 Å². The average molecular weight is 300 g/mol. The third-order valence-electron chi connectivity index (χ3n) is 3.31. The average Bonchev–Trinajstić information content (AvgIpc) is 2.50. The van der Waals surface area contributed by atoms with Gasteiger partial charge in [0.2, 0.25) is 11.2 Å². The molecule has 112 valence electrons. The number of phenols is 2. The van der Waals surface area contributed by atoms with E-state index in [1.54, 1.807) is 0 Å². The lowest BCUT2D eigenvalue weighted by Gasteiger charge is -2.08. The molecule has 6 nitrogen and oxygen atoms in total. The maximum absolute atomic E-state index is 12.2. The molecule has 0 aliphatic rings. The van der Waals surface area contributed by atoms with Crippen molar-refractivity contribution in [1.29, 1.82) is 0 Å². The molecule has 0 bridgehead atoms. The molecule has 0 unspecified atom stereocenters. The summed E-state index contributed by atoms with van der Waals surface area (Å²) < 4.78 is 10.4. The van der Waals surface area contributed by atoms with Crippen molar-refractivity contribution in [2.24, 2.45) is 0 Å². The molecule has 6 heteroatoms. The molecule has 3 aromatic rings. The summed E-state index contributed by atoms with van der Waals surface area (Å²) in [6, 6.07) is 8.68. The van der Waals surface area contributed by atoms with Gasteiger partial charge in [0.05, 0.1) is 7.11 Å². The number of hydrogen-bond donors (Lipinski definition) is 3. The van der Waals surface area contributed by atoms with Crippen LogP contribution in [0.4, 0.5) is 0 Å². The summed E-state index contributed by atoms with van der Waals surface area (Å²) in [4.78, 5) is 12.2. The predicted molar refractivity (Wildman–Crippen MR) is 79.5 cm³/mol. The maximum atomic E-state index is 12.2. The number of methoxy groups -OCH3 is 1. The van der Waals surface area contributed by atoms with E-state index in [4.69, 9.17) is 9.15 Å². The highest BCUT2D eigenvalue weighted by Gasteiger charge is 2.18. The highest BCUT2D eigenvalue weighted by atomic mass is 16.5. The third kappa shape index (κ3) is 2.01. The summed E-state index contributed by atoms with van der Waals surface area (Å²) in [5.74, 6) is -0.910. The fourth-order valence-electron chi connectivity index (χ4n) is 2.24. The van der Waals surface area contributed by atoms with E-state index in [-0.39, 0.29) is 34.0 Å². The number of rotatable bonds is 2. The zero-order valence-electron chi connectivity index (χ0n) is 11.5. The van der Waals surface area contributed by atoms with Gasteiger partial charge in [-0.25, -0.2) is 0 Å². The van der Waals surface area contributed by atoms with Gasteiger partial charge < -0.3 is 24.5 Å². The van der Waals surface area contributed by atoms with Crippen molar-refractivity contribution < 1.29 is 24.5 Å². The van der Waals surface area contributed by atoms with Crippen LogP contribution in [0.5, 0.6) is 23.0 Å². The molecule has 3 N–H and O–H groups in total. The summed E-state index contributed by atoms with van der Waals surface area (Å²) in [5, 5.41) is 29.5. The van der Waals surface area contributed by atoms with Gasteiger partial charge in [-0.1, -0.05) is 6.07 Å². The van der Waals surface area contributed by atoms with Crippen molar-refractivity contribution in [1.82, 2.24) is 0 Å². The van der Waals surface area contributed by atoms with Crippen molar-refractivity contribution in [3.8, 4) is 34.3 Å². The van der Waals surface area contributed by atoms with E-state index >= 15 is 0 Å². The Hall–Kier alpha value is -3.15. The van der Waals surface area contributed by atoms with Crippen molar-refractivity contribution in [3.05, 3.63) is 46.6 Å². The second-order valence-electron chi connectivity index (χ2n) is 4.65. The lowest BCUT2D eigenvalue weighted by Crippen LogP contribution is -2.02. The molecular formula is C16H12O6. The molecule has 2 aromatic carbocycles. The largest absolute Gasteiger partial charge is 0.507 e. The highest BCUT2D eigenvalue weighted by Crippen LogP contribution is 2.36. The molecule has 1 aromatic heterocycles. The Kier molecular flexibility index (Phi) is 3.14. The minimum Gasteiger partial charge on any atom is -0.507 e. The van der Waals surface area contributed by atoms with Crippen LogP contribution in [-0.4, -0.2) is 22.4 Å². The molecular weight excluding hydrogens is 288 g/mol. The number of aromatic hydroxyl groups is 3. The number of ether oxygens (including phenoxy) is 1. The quantitative estimate of drug-likeness (QED) is 0.672. The van der Waals surface area contributed by atoms with E-state index in [1.165, 1.54) is 43.5 Å². The normalized spacial score (nSPS) is 10.8. The first-order valence-electron chi connectivity index (χ1n) is 6.38. The van der Waals surface area contributed by atoms with Crippen LogP contribution in [0.3, 0.4) is 0 Å². The summed E-state index contributed by atoms with van der Waals surface area (Å²) >= 11 is 0. The van der Waals surface area contributed by atoms with Crippen LogP contribution in [-0.2, 0) is 0 Å². The van der Waals surface area contributed by atoms with E-state index < -0.39 is 11.2 Å². The molecule has 22 heavy (non-hydrogen) atoms. The van der Waals surface area contributed by atoms with Crippen LogP contribution in [0, 0.1) is 0 Å². The van der Waals surface area contributed by atoms with Gasteiger partial charge in [0.15, 0.2) is 17.3 Å². The minimum atomic E-state index is -0.746. The monoisotopic (exact) mass is 300 g/mol. The smallest absolute Gasteiger partial charge is 0.238 e. The summed E-state index contributed by atoms with van der Waals surface area (Å²) in [5.41, 5.74) is -0.309. The highest BCUT2D eigenvalue weighted by molar-refractivity contribution is 5.86. The predicted octanol–water partition coefficient (Wildman–Crippen LogP) is 2.59. The second kappa shape index (κ2) is 5.00. The molecule has 0 spiro atoms. The van der Waals surface area contributed by atoms with Crippen molar-refractivity contribution in [2.75, 3.05) is 7.11 Å². The molecule has 0 saturated carbocycles. The van der Waals surface area contributed by atoms with Crippen LogP contribution in [0.25, 0.3) is 22.3 Å². The Bertz CT molecular complexity index is 926. The fraction of sp³-hybridized carbons (Fsp3) is 0.0625. The van der Waals surface area contributed by atoms with Crippen LogP contribution in [0.2, 0.25) is 0 Å². The summed E-state index contributed by atoms with van der Waals surface area (Å²) in [7, 11) is 1.41. The Morgan fingerprint density at radius 3 is 2.50 bits per heavy atom. The minimum absolute atomic E-state index is 0.0958. The van der Waals surface area contributed by atoms with E-state index in [0.29, 0.717) is 5.56 Å². The summed E-state index contributed by atoms with van der Waals surface area (Å²) in [6.45, 7) is 0. The van der Waals surface area contributed by atoms with Crippen LogP contribution < -0.4 is 10.2 Å². The first-order valence-corrected chi connectivity index (χ1v) is 6.38. The zero-order chi connectivity index (χ0) is 15.9. The topological polar surface area (TPSA) is 100 Å². The van der Waals surface area contributed by atoms with Gasteiger partial charge in [-0.2, -0.15) is 0 Å². The molecule has 0 aliphatic heterocycles. The molecule has 3 rings (SSSR count). The molecule has 0 atom stereocenters. The van der Waals surface area contributed by atoms with E-state index in [1.807, 2.05) is 0 Å². The standard InChI is InChI=1S/C16H12O6/c1-21-11-6-5-8(7-10(11)18)16-15(20)14(19)13-9(17)3-2-4-12(13)22-16/h2-7,17-18,20H,1H3. The fourth-order valence-corrected chi connectivity index (χ4v) is 2.24. The zero-order valence-corrected chi connectivity index (χ0v) is 11.5. The Balaban J connectivity index is 2.30. The van der Waals surface area contributed by atoms with Gasteiger partial charge in [-0.3, -0.25) is 4.79 Å². The SMILES string of the molecule is COc1ccc(-c2oc3cccc(O)c3c(=O)c2O)cc1O. The van der Waals surface area contributed by atoms with Gasteiger partial charge in [-0.15, -0.1) is 0 Å². The lowest BCUT2D eigenvalue weighted by molar-refractivity contribution is 0.373. The molecule has 0 amide bonds.